The molecular formula is C45H49F3N6O9S. The Bertz CT molecular complexity index is 2630. The highest BCUT2D eigenvalue weighted by molar-refractivity contribution is 7.91. The maximum Gasteiger partial charge on any atom is 0.416 e. The Morgan fingerprint density at radius 2 is 1.70 bits per heavy atom. The van der Waals surface area contributed by atoms with Gasteiger partial charge in [-0.15, -0.1) is 0 Å². The molecule has 1 saturated heterocycles. The zero-order valence-electron chi connectivity index (χ0n) is 35.1. The van der Waals surface area contributed by atoms with Crippen LogP contribution in [0.15, 0.2) is 59.0 Å². The van der Waals surface area contributed by atoms with E-state index in [1.165, 1.54) is 17.0 Å². The monoisotopic (exact) mass is 906 g/mol. The van der Waals surface area contributed by atoms with E-state index >= 15 is 0 Å². The van der Waals surface area contributed by atoms with E-state index in [2.05, 4.69) is 20.3 Å². The number of hydrogen-bond acceptors (Lipinski definition) is 11. The molecule has 9 rings (SSSR count). The number of aryl methyl sites for hydroxylation is 1. The predicted molar refractivity (Wildman–Crippen MR) is 226 cm³/mol. The first-order valence-corrected chi connectivity index (χ1v) is 23.5. The lowest BCUT2D eigenvalue weighted by Crippen LogP contribution is -2.58. The number of halogens is 3. The zero-order chi connectivity index (χ0) is 45.0. The van der Waals surface area contributed by atoms with Crippen molar-refractivity contribution >= 4 is 55.9 Å². The van der Waals surface area contributed by atoms with Crippen LogP contribution in [0.1, 0.15) is 94.6 Å². The van der Waals surface area contributed by atoms with Gasteiger partial charge in [-0.2, -0.15) is 18.2 Å². The summed E-state index contributed by atoms with van der Waals surface area (Å²) in [6, 6.07) is 7.45. The molecule has 64 heavy (non-hydrogen) atoms. The summed E-state index contributed by atoms with van der Waals surface area (Å²) in [6.07, 6.45) is 4.22. The van der Waals surface area contributed by atoms with Crippen LogP contribution in [0.5, 0.6) is 5.88 Å². The van der Waals surface area contributed by atoms with Crippen LogP contribution in [0, 0.1) is 12.8 Å². The van der Waals surface area contributed by atoms with Crippen molar-refractivity contribution in [3.8, 4) is 17.3 Å². The van der Waals surface area contributed by atoms with Gasteiger partial charge in [-0.3, -0.25) is 19.1 Å². The fourth-order valence-electron chi connectivity index (χ4n) is 9.08. The second-order valence-electron chi connectivity index (χ2n) is 17.7. The molecule has 0 radical (unpaired) electrons. The number of alkyl halides is 3. The van der Waals surface area contributed by atoms with Crippen LogP contribution in [0.2, 0.25) is 0 Å². The average molecular weight is 907 g/mol. The fourth-order valence-corrected chi connectivity index (χ4v) is 10.4. The second kappa shape index (κ2) is 17.0. The number of hydrogen-bond donors (Lipinski definition) is 3. The third-order valence-corrected chi connectivity index (χ3v) is 14.7. The number of benzene rings is 2. The van der Waals surface area contributed by atoms with Crippen molar-refractivity contribution in [1.29, 1.82) is 0 Å². The number of nitrogens with zero attached hydrogens (tertiary/aromatic N) is 3. The van der Waals surface area contributed by atoms with Gasteiger partial charge < -0.3 is 29.4 Å². The third kappa shape index (κ3) is 8.99. The molecule has 5 aliphatic rings. The van der Waals surface area contributed by atoms with Crippen LogP contribution < -0.4 is 20.1 Å². The number of nitrogens with one attached hydrogen (secondary N) is 3. The number of ether oxygens (including phenoxy) is 2. The van der Waals surface area contributed by atoms with Gasteiger partial charge in [0.25, 0.3) is 11.8 Å². The molecule has 4 aromatic rings. The van der Waals surface area contributed by atoms with Gasteiger partial charge >= 0.3 is 12.3 Å². The molecule has 0 bridgehead atoms. The van der Waals surface area contributed by atoms with Crippen LogP contribution in [0.3, 0.4) is 0 Å². The first-order valence-electron chi connectivity index (χ1n) is 22.0. The Morgan fingerprint density at radius 1 is 0.953 bits per heavy atom. The molecule has 15 nitrogen and oxygen atoms in total. The van der Waals surface area contributed by atoms with Gasteiger partial charge in [-0.05, 0) is 101 Å². The van der Waals surface area contributed by atoms with Gasteiger partial charge in [0.1, 0.15) is 40.9 Å². The Balaban J connectivity index is 1.06. The lowest BCUT2D eigenvalue weighted by molar-refractivity contribution is -0.141. The summed E-state index contributed by atoms with van der Waals surface area (Å²) in [5.74, 6) is -2.73. The Kier molecular flexibility index (Phi) is 11.6. The van der Waals surface area contributed by atoms with Crippen LogP contribution in [0.25, 0.3) is 33.5 Å². The maximum absolute atomic E-state index is 14.8. The van der Waals surface area contributed by atoms with Crippen molar-refractivity contribution in [2.24, 2.45) is 5.92 Å². The SMILES string of the molecule is Cc1ccc2c(c1)oc1c(O[C@@H]3C[C@H]4C(=O)N[C@]5(C(=O)NS(=O)(=O)C6CC6)C[C@H]5C=CCCCCC[C@H](NC(=O)OC5CCCC5)C(=O)N4C3)nc(-c3ccc(C(F)(F)F)cc3)nc12. The van der Waals surface area contributed by atoms with Crippen LogP contribution >= 0.6 is 0 Å². The van der Waals surface area contributed by atoms with E-state index < -0.39 is 80.5 Å². The summed E-state index contributed by atoms with van der Waals surface area (Å²) in [5.41, 5.74) is -0.412. The molecule has 4 amide bonds. The molecule has 4 heterocycles. The maximum atomic E-state index is 14.8. The van der Waals surface area contributed by atoms with Crippen LogP contribution in [-0.2, 0) is 35.3 Å². The van der Waals surface area contributed by atoms with Crippen molar-refractivity contribution in [2.45, 2.75) is 132 Å². The number of fused-ring (bicyclic) bond motifs is 5. The minimum atomic E-state index is -4.57. The summed E-state index contributed by atoms with van der Waals surface area (Å²) in [5, 5.41) is 5.52. The van der Waals surface area contributed by atoms with Gasteiger partial charge in [0.15, 0.2) is 5.82 Å². The van der Waals surface area contributed by atoms with Gasteiger partial charge in [0, 0.05) is 23.3 Å². The molecule has 3 aliphatic carbocycles. The molecular weight excluding hydrogens is 858 g/mol. The van der Waals surface area contributed by atoms with Gasteiger partial charge in [0.05, 0.1) is 17.4 Å². The number of alkyl carbamates (subject to hydrolysis) is 1. The average Bonchev–Trinajstić information content (AvgIpc) is 4.06. The lowest BCUT2D eigenvalue weighted by Gasteiger charge is -2.30. The normalized spacial score (nSPS) is 25.8. The largest absolute Gasteiger partial charge is 0.470 e. The topological polar surface area (TPSA) is 199 Å². The molecule has 4 fully saturated rings. The van der Waals surface area contributed by atoms with Crippen LogP contribution in [0.4, 0.5) is 18.0 Å². The summed E-state index contributed by atoms with van der Waals surface area (Å²) >= 11 is 0. The van der Waals surface area contributed by atoms with Crippen molar-refractivity contribution in [3.63, 3.8) is 0 Å². The van der Waals surface area contributed by atoms with E-state index in [-0.39, 0.29) is 54.8 Å². The number of carbonyl (C=O) groups is 4. The van der Waals surface area contributed by atoms with E-state index in [0.717, 1.165) is 37.0 Å². The zero-order valence-corrected chi connectivity index (χ0v) is 35.9. The highest BCUT2D eigenvalue weighted by Gasteiger charge is 2.62. The van der Waals surface area contributed by atoms with E-state index in [9.17, 15) is 40.8 Å². The fraction of sp³-hybridized carbons (Fsp3) is 0.511. The number of furan rings is 1. The smallest absolute Gasteiger partial charge is 0.416 e. The summed E-state index contributed by atoms with van der Waals surface area (Å²) in [6.45, 7) is 1.69. The molecule has 0 unspecified atom stereocenters. The molecule has 0 spiro atoms. The quantitative estimate of drug-likeness (QED) is 0.158. The Labute approximate surface area is 366 Å². The first kappa shape index (κ1) is 43.5. The molecule has 2 aromatic carbocycles. The van der Waals surface area contributed by atoms with Crippen LogP contribution in [-0.4, -0.2) is 88.7 Å². The Hall–Kier alpha value is -5.72. The van der Waals surface area contributed by atoms with Gasteiger partial charge in [-0.1, -0.05) is 43.2 Å². The Morgan fingerprint density at radius 3 is 2.44 bits per heavy atom. The molecule has 2 aliphatic heterocycles. The standard InChI is InChI=1S/C45H49F3N6O9S/c1-25-13-20-32-35(21-25)63-37-36(32)50-38(26-14-16-27(17-15-26)45(46,47)48)51-40(37)61-30-22-34-39(55)52-44(42(57)53-64(59,60)31-18-19-31)23-28(44)9-5-3-2-4-6-12-33(41(56)54(34)24-30)49-43(58)62-29-10-7-8-11-29/h5,9,13-17,20-21,28-31,33-34H,2-4,6-8,10-12,18-19,22-24H2,1H3,(H,49,58)(H,52,55)(H,53,57)/t28-,30-,33+,34+,44-/m1/s1. The van der Waals surface area contributed by atoms with Crippen molar-refractivity contribution in [2.75, 3.05) is 6.54 Å². The van der Waals surface area contributed by atoms with Crippen molar-refractivity contribution in [1.82, 2.24) is 30.2 Å². The van der Waals surface area contributed by atoms with Crippen molar-refractivity contribution in [3.05, 3.63) is 65.7 Å². The van der Waals surface area contributed by atoms with Gasteiger partial charge in [0.2, 0.25) is 27.4 Å². The lowest BCUT2D eigenvalue weighted by atomic mass is 10.0. The first-order chi connectivity index (χ1) is 30.6. The molecule has 2 aromatic heterocycles. The predicted octanol–water partition coefficient (Wildman–Crippen LogP) is 6.76. The summed E-state index contributed by atoms with van der Waals surface area (Å²) in [4.78, 5) is 67.2. The van der Waals surface area contributed by atoms with E-state index in [0.29, 0.717) is 61.4 Å². The number of sulfonamides is 1. The highest BCUT2D eigenvalue weighted by atomic mass is 32.2. The van der Waals surface area contributed by atoms with E-state index in [4.69, 9.17) is 18.9 Å². The molecule has 340 valence electrons. The van der Waals surface area contributed by atoms with E-state index in [1.807, 2.05) is 25.1 Å². The molecule has 5 atom stereocenters. The highest BCUT2D eigenvalue weighted by Crippen LogP contribution is 2.46. The minimum absolute atomic E-state index is 0.0353. The second-order valence-corrected chi connectivity index (χ2v) is 19.7. The number of amides is 4. The van der Waals surface area contributed by atoms with Crippen molar-refractivity contribution < 1.29 is 54.7 Å². The number of aromatic nitrogens is 2. The van der Waals surface area contributed by atoms with Gasteiger partial charge in [-0.25, -0.2) is 18.2 Å². The number of allylic oxidation sites excluding steroid dienone is 1. The third-order valence-electron chi connectivity index (χ3n) is 12.9. The van der Waals surface area contributed by atoms with E-state index in [1.54, 1.807) is 12.1 Å². The summed E-state index contributed by atoms with van der Waals surface area (Å²) in [7, 11) is -3.97. The molecule has 19 heteroatoms. The minimum Gasteiger partial charge on any atom is -0.470 e. The number of rotatable bonds is 8. The number of carbonyl (C=O) groups excluding carboxylic acids is 4. The molecule has 3 saturated carbocycles. The molecule has 3 N–H and O–H groups in total. The summed E-state index contributed by atoms with van der Waals surface area (Å²) < 4.78 is 87.1.